The second-order valence-corrected chi connectivity index (χ2v) is 4.72. The molecule has 1 atom stereocenters. The van der Waals surface area contributed by atoms with E-state index in [0.717, 1.165) is 0 Å². The topological polar surface area (TPSA) is 67.4 Å². The van der Waals surface area contributed by atoms with Crippen molar-refractivity contribution < 1.29 is 14.3 Å². The van der Waals surface area contributed by atoms with Gasteiger partial charge in [-0.25, -0.2) is 4.79 Å². The minimum atomic E-state index is -0.504. The lowest BCUT2D eigenvalue weighted by Gasteiger charge is -2.25. The van der Waals surface area contributed by atoms with E-state index < -0.39 is 11.7 Å². The van der Waals surface area contributed by atoms with Crippen molar-refractivity contribution in [1.29, 1.82) is 0 Å². The van der Waals surface area contributed by atoms with E-state index in [9.17, 15) is 9.59 Å². The molecular weight excluding hydrogens is 196 g/mol. The first-order valence-corrected chi connectivity index (χ1v) is 5.09. The first kappa shape index (κ1) is 12.0. The second kappa shape index (κ2) is 4.61. The summed E-state index contributed by atoms with van der Waals surface area (Å²) in [6.45, 7) is 6.42. The fraction of sp³-hybridized carbons (Fsp3) is 0.800. The summed E-state index contributed by atoms with van der Waals surface area (Å²) in [6.07, 6.45) is -0.0873. The number of ether oxygens (including phenoxy) is 1. The molecule has 0 aromatic heterocycles. The molecular formula is C10H18N2O3. The SMILES string of the molecule is CC(C)(C)OC(=O)N[C@@H]1CNCC(=O)C1. The first-order valence-electron chi connectivity index (χ1n) is 5.09. The highest BCUT2D eigenvalue weighted by atomic mass is 16.6. The molecule has 1 aliphatic heterocycles. The summed E-state index contributed by atoms with van der Waals surface area (Å²) in [5.74, 6) is 0.113. The molecule has 1 aliphatic rings. The van der Waals surface area contributed by atoms with Crippen molar-refractivity contribution in [2.24, 2.45) is 0 Å². The van der Waals surface area contributed by atoms with Crippen molar-refractivity contribution in [1.82, 2.24) is 10.6 Å². The van der Waals surface area contributed by atoms with Gasteiger partial charge in [0, 0.05) is 13.0 Å². The van der Waals surface area contributed by atoms with Gasteiger partial charge in [0.05, 0.1) is 12.6 Å². The third kappa shape index (κ3) is 4.78. The molecule has 0 spiro atoms. The Balaban J connectivity index is 2.34. The van der Waals surface area contributed by atoms with Crippen molar-refractivity contribution in [3.8, 4) is 0 Å². The number of nitrogens with one attached hydrogen (secondary N) is 2. The minimum absolute atomic E-state index is 0.113. The van der Waals surface area contributed by atoms with Gasteiger partial charge in [-0.2, -0.15) is 0 Å². The van der Waals surface area contributed by atoms with Crippen LogP contribution in [0.4, 0.5) is 4.79 Å². The summed E-state index contributed by atoms with van der Waals surface area (Å²) in [5.41, 5.74) is -0.504. The highest BCUT2D eigenvalue weighted by Gasteiger charge is 2.23. The molecule has 0 saturated carbocycles. The number of carbonyl (C=O) groups is 2. The zero-order chi connectivity index (χ0) is 11.5. The van der Waals surface area contributed by atoms with Gasteiger partial charge in [-0.05, 0) is 20.8 Å². The smallest absolute Gasteiger partial charge is 0.407 e. The molecule has 0 aliphatic carbocycles. The molecule has 1 saturated heterocycles. The number of alkyl carbamates (subject to hydrolysis) is 1. The summed E-state index contributed by atoms with van der Waals surface area (Å²) in [7, 11) is 0. The number of piperidine rings is 1. The predicted molar refractivity (Wildman–Crippen MR) is 55.7 cm³/mol. The van der Waals surface area contributed by atoms with E-state index in [4.69, 9.17) is 4.74 Å². The Bertz CT molecular complexity index is 258. The Morgan fingerprint density at radius 1 is 1.53 bits per heavy atom. The van der Waals surface area contributed by atoms with E-state index in [1.54, 1.807) is 20.8 Å². The third-order valence-corrected chi connectivity index (χ3v) is 1.91. The van der Waals surface area contributed by atoms with Crippen LogP contribution in [0.3, 0.4) is 0 Å². The molecule has 0 unspecified atom stereocenters. The zero-order valence-electron chi connectivity index (χ0n) is 9.42. The number of amides is 1. The molecule has 86 valence electrons. The van der Waals surface area contributed by atoms with Crippen molar-refractivity contribution in [3.63, 3.8) is 0 Å². The standard InChI is InChI=1S/C10H18N2O3/c1-10(2,3)15-9(14)12-7-4-8(13)6-11-5-7/h7,11H,4-6H2,1-3H3,(H,12,14)/t7-/m0/s1. The molecule has 15 heavy (non-hydrogen) atoms. The lowest BCUT2D eigenvalue weighted by Crippen LogP contribution is -2.50. The Hall–Kier alpha value is -1.10. The van der Waals surface area contributed by atoms with Crippen molar-refractivity contribution in [2.75, 3.05) is 13.1 Å². The van der Waals surface area contributed by atoms with Crippen LogP contribution in [0.1, 0.15) is 27.2 Å². The van der Waals surface area contributed by atoms with Crippen LogP contribution in [0, 0.1) is 0 Å². The number of hydrogen-bond donors (Lipinski definition) is 2. The molecule has 1 amide bonds. The zero-order valence-corrected chi connectivity index (χ0v) is 9.42. The molecule has 0 radical (unpaired) electrons. The average Bonchev–Trinajstić information content (AvgIpc) is 1.99. The van der Waals surface area contributed by atoms with Crippen LogP contribution in [-0.4, -0.2) is 36.6 Å². The van der Waals surface area contributed by atoms with Crippen LogP contribution in [0.15, 0.2) is 0 Å². The summed E-state index contributed by atoms with van der Waals surface area (Å²) in [4.78, 5) is 22.4. The molecule has 1 rings (SSSR count). The maximum absolute atomic E-state index is 11.4. The Labute approximate surface area is 89.6 Å². The Morgan fingerprint density at radius 3 is 2.73 bits per heavy atom. The average molecular weight is 214 g/mol. The van der Waals surface area contributed by atoms with Crippen molar-refractivity contribution in [2.45, 2.75) is 38.8 Å². The Morgan fingerprint density at radius 2 is 2.20 bits per heavy atom. The fourth-order valence-electron chi connectivity index (χ4n) is 1.38. The first-order chi connectivity index (χ1) is 6.87. The van der Waals surface area contributed by atoms with E-state index >= 15 is 0 Å². The van der Waals surface area contributed by atoms with Gasteiger partial charge >= 0.3 is 6.09 Å². The van der Waals surface area contributed by atoms with Gasteiger partial charge in [0.2, 0.25) is 0 Å². The lowest BCUT2D eigenvalue weighted by molar-refractivity contribution is -0.119. The maximum atomic E-state index is 11.4. The number of hydrogen-bond acceptors (Lipinski definition) is 4. The third-order valence-electron chi connectivity index (χ3n) is 1.91. The summed E-state index contributed by atoms with van der Waals surface area (Å²) >= 11 is 0. The summed E-state index contributed by atoms with van der Waals surface area (Å²) < 4.78 is 5.09. The fourth-order valence-corrected chi connectivity index (χ4v) is 1.38. The predicted octanol–water partition coefficient (Wildman–Crippen LogP) is 0.442. The number of ketones is 1. The molecule has 0 bridgehead atoms. The number of rotatable bonds is 1. The van der Waals surface area contributed by atoms with Gasteiger partial charge in [-0.1, -0.05) is 0 Å². The maximum Gasteiger partial charge on any atom is 0.407 e. The lowest BCUT2D eigenvalue weighted by atomic mass is 10.1. The highest BCUT2D eigenvalue weighted by Crippen LogP contribution is 2.07. The monoisotopic (exact) mass is 214 g/mol. The van der Waals surface area contributed by atoms with E-state index in [1.165, 1.54) is 0 Å². The number of carbonyl (C=O) groups excluding carboxylic acids is 2. The van der Waals surface area contributed by atoms with Crippen molar-refractivity contribution in [3.05, 3.63) is 0 Å². The molecule has 1 heterocycles. The summed E-state index contributed by atoms with van der Waals surface area (Å²) in [5, 5.41) is 5.59. The summed E-state index contributed by atoms with van der Waals surface area (Å²) in [6, 6.07) is -0.152. The second-order valence-electron chi connectivity index (χ2n) is 4.72. The van der Waals surface area contributed by atoms with Crippen LogP contribution in [0.2, 0.25) is 0 Å². The normalized spacial score (nSPS) is 22.3. The molecule has 1 fully saturated rings. The van der Waals surface area contributed by atoms with Gasteiger partial charge in [0.15, 0.2) is 0 Å². The largest absolute Gasteiger partial charge is 0.444 e. The van der Waals surface area contributed by atoms with Gasteiger partial charge in [-0.3, -0.25) is 4.79 Å². The van der Waals surface area contributed by atoms with Gasteiger partial charge in [0.25, 0.3) is 0 Å². The Kier molecular flexibility index (Phi) is 3.68. The van der Waals surface area contributed by atoms with Gasteiger partial charge in [0.1, 0.15) is 11.4 Å². The molecule has 0 aromatic carbocycles. The number of Topliss-reactive ketones (excluding diaryl/α,β-unsaturated/α-hetero) is 1. The van der Waals surface area contributed by atoms with E-state index in [0.29, 0.717) is 19.5 Å². The van der Waals surface area contributed by atoms with E-state index in [2.05, 4.69) is 10.6 Å². The molecule has 0 aromatic rings. The highest BCUT2D eigenvalue weighted by molar-refractivity contribution is 5.82. The van der Waals surface area contributed by atoms with Crippen molar-refractivity contribution >= 4 is 11.9 Å². The van der Waals surface area contributed by atoms with Gasteiger partial charge < -0.3 is 15.4 Å². The van der Waals surface area contributed by atoms with E-state index in [1.807, 2.05) is 0 Å². The van der Waals surface area contributed by atoms with E-state index in [-0.39, 0.29) is 11.8 Å². The quantitative estimate of drug-likeness (QED) is 0.664. The van der Waals surface area contributed by atoms with Crippen LogP contribution >= 0.6 is 0 Å². The van der Waals surface area contributed by atoms with Gasteiger partial charge in [-0.15, -0.1) is 0 Å². The van der Waals surface area contributed by atoms with Crippen LogP contribution < -0.4 is 10.6 Å². The van der Waals surface area contributed by atoms with Crippen LogP contribution in [0.5, 0.6) is 0 Å². The molecule has 5 nitrogen and oxygen atoms in total. The van der Waals surface area contributed by atoms with Crippen LogP contribution in [-0.2, 0) is 9.53 Å². The molecule has 5 heteroatoms. The van der Waals surface area contributed by atoms with Crippen LogP contribution in [0.25, 0.3) is 0 Å². The molecule has 2 N–H and O–H groups in total. The minimum Gasteiger partial charge on any atom is -0.444 e.